The highest BCUT2D eigenvalue weighted by Gasteiger charge is 2.22. The van der Waals surface area contributed by atoms with Crippen LogP contribution >= 0.6 is 0 Å². The Hall–Kier alpha value is -3.65. The first-order valence-corrected chi connectivity index (χ1v) is 10.2. The van der Waals surface area contributed by atoms with Gasteiger partial charge < -0.3 is 25.6 Å². The number of benzene rings is 2. The maximum absolute atomic E-state index is 12.2. The van der Waals surface area contributed by atoms with Crippen LogP contribution in [-0.4, -0.2) is 41.6 Å². The highest BCUT2D eigenvalue weighted by molar-refractivity contribution is 6.07. The highest BCUT2D eigenvalue weighted by atomic mass is 16.5. The fourth-order valence-electron chi connectivity index (χ4n) is 4.10. The summed E-state index contributed by atoms with van der Waals surface area (Å²) in [4.78, 5) is 23.7. The van der Waals surface area contributed by atoms with Crippen molar-refractivity contribution in [2.75, 3.05) is 36.7 Å². The molecule has 0 saturated heterocycles. The number of anilines is 4. The van der Waals surface area contributed by atoms with E-state index >= 15 is 0 Å². The molecule has 2 aliphatic heterocycles. The molecule has 0 aliphatic carbocycles. The van der Waals surface area contributed by atoms with E-state index < -0.39 is 0 Å². The van der Waals surface area contributed by atoms with E-state index in [9.17, 15) is 4.79 Å². The number of rotatable bonds is 3. The van der Waals surface area contributed by atoms with Crippen LogP contribution in [0.4, 0.5) is 27.8 Å². The summed E-state index contributed by atoms with van der Waals surface area (Å²) >= 11 is 0. The second-order valence-electron chi connectivity index (χ2n) is 8.02. The normalized spacial score (nSPS) is 15.0. The third-order valence-electron chi connectivity index (χ3n) is 5.69. The molecule has 0 radical (unpaired) electrons. The van der Waals surface area contributed by atoms with E-state index in [4.69, 9.17) is 9.72 Å². The monoisotopic (exact) mass is 416 g/mol. The summed E-state index contributed by atoms with van der Waals surface area (Å²) in [6.07, 6.45) is 2.61. The van der Waals surface area contributed by atoms with Gasteiger partial charge >= 0.3 is 6.03 Å². The van der Waals surface area contributed by atoms with Gasteiger partial charge in [0, 0.05) is 18.7 Å². The molecule has 2 amide bonds. The molecule has 1 aromatic heterocycles. The van der Waals surface area contributed by atoms with E-state index in [0.29, 0.717) is 17.3 Å². The number of carbonyl (C=O) groups excluding carboxylic acids is 1. The highest BCUT2D eigenvalue weighted by Crippen LogP contribution is 2.37. The molecule has 3 heterocycles. The Labute approximate surface area is 180 Å². The summed E-state index contributed by atoms with van der Waals surface area (Å²) in [5.74, 6) is 1.19. The zero-order chi connectivity index (χ0) is 21.5. The zero-order valence-electron chi connectivity index (χ0n) is 17.7. The van der Waals surface area contributed by atoms with Crippen molar-refractivity contribution in [1.82, 2.24) is 14.9 Å². The number of hydrogen-bond acceptors (Lipinski definition) is 6. The molecule has 3 N–H and O–H groups in total. The van der Waals surface area contributed by atoms with Crippen molar-refractivity contribution in [3.8, 4) is 17.0 Å². The Morgan fingerprint density at radius 3 is 2.81 bits per heavy atom. The minimum Gasteiger partial charge on any atom is -0.495 e. The quantitative estimate of drug-likeness (QED) is 0.594. The van der Waals surface area contributed by atoms with Crippen LogP contribution < -0.4 is 20.7 Å². The first kappa shape index (κ1) is 19.3. The summed E-state index contributed by atoms with van der Waals surface area (Å²) in [6.45, 7) is 3.92. The molecule has 8 heteroatoms. The lowest BCUT2D eigenvalue weighted by molar-refractivity contribution is 0.262. The van der Waals surface area contributed by atoms with E-state index in [-0.39, 0.29) is 6.03 Å². The number of likely N-dealkylation sites (N-methyl/N-ethyl adjacent to an activating group) is 1. The van der Waals surface area contributed by atoms with Crippen LogP contribution in [0.1, 0.15) is 16.7 Å². The van der Waals surface area contributed by atoms with Crippen molar-refractivity contribution in [3.63, 3.8) is 0 Å². The maximum atomic E-state index is 12.2. The molecule has 3 aromatic rings. The topological polar surface area (TPSA) is 91.4 Å². The van der Waals surface area contributed by atoms with Crippen molar-refractivity contribution in [3.05, 3.63) is 53.2 Å². The van der Waals surface area contributed by atoms with Gasteiger partial charge in [0.2, 0.25) is 5.95 Å². The number of nitrogens with zero attached hydrogens (tertiary/aromatic N) is 3. The van der Waals surface area contributed by atoms with Crippen molar-refractivity contribution in [1.29, 1.82) is 0 Å². The van der Waals surface area contributed by atoms with Crippen molar-refractivity contribution < 1.29 is 9.53 Å². The molecule has 0 saturated carbocycles. The molecular weight excluding hydrogens is 392 g/mol. The summed E-state index contributed by atoms with van der Waals surface area (Å²) in [5.41, 5.74) is 7.23. The number of amides is 2. The van der Waals surface area contributed by atoms with Gasteiger partial charge in [0.05, 0.1) is 30.4 Å². The zero-order valence-corrected chi connectivity index (χ0v) is 17.7. The standard InChI is InChI=1S/C23H24N6O2/c1-13-4-5-16-17(8-13)26-23(30)27-19-11-24-22(28-21(16)19)25-18-9-14-6-7-29(2)12-15(14)10-20(18)31-3/h4-5,8-11H,6-7,12H2,1-3H3,(H,24,25,28)(H2,26,27,30). The third kappa shape index (κ3) is 3.66. The molecule has 2 aromatic carbocycles. The Bertz CT molecular complexity index is 1190. The molecule has 5 rings (SSSR count). The van der Waals surface area contributed by atoms with E-state index in [2.05, 4.69) is 45.0 Å². The maximum Gasteiger partial charge on any atom is 0.323 e. The predicted octanol–water partition coefficient (Wildman–Crippen LogP) is 4.15. The number of aromatic nitrogens is 2. The Kier molecular flexibility index (Phi) is 4.71. The van der Waals surface area contributed by atoms with Gasteiger partial charge in [0.1, 0.15) is 11.4 Å². The molecule has 0 fully saturated rings. The fraction of sp³-hybridized carbons (Fsp3) is 0.261. The molecule has 0 unspecified atom stereocenters. The van der Waals surface area contributed by atoms with Crippen molar-refractivity contribution in [2.45, 2.75) is 19.9 Å². The second-order valence-corrected chi connectivity index (χ2v) is 8.02. The molecular formula is C23H24N6O2. The summed E-state index contributed by atoms with van der Waals surface area (Å²) in [6, 6.07) is 9.79. The Balaban J connectivity index is 1.54. The number of hydrogen-bond donors (Lipinski definition) is 3. The lowest BCUT2D eigenvalue weighted by atomic mass is 9.99. The van der Waals surface area contributed by atoms with Gasteiger partial charge in [-0.15, -0.1) is 0 Å². The van der Waals surface area contributed by atoms with Gasteiger partial charge in [0.25, 0.3) is 0 Å². The van der Waals surface area contributed by atoms with Crippen molar-refractivity contribution in [2.24, 2.45) is 0 Å². The lowest BCUT2D eigenvalue weighted by Gasteiger charge is -2.26. The van der Waals surface area contributed by atoms with Gasteiger partial charge in [-0.3, -0.25) is 0 Å². The second kappa shape index (κ2) is 7.55. The van der Waals surface area contributed by atoms with E-state index in [1.54, 1.807) is 13.3 Å². The van der Waals surface area contributed by atoms with Crippen LogP contribution in [-0.2, 0) is 13.0 Å². The molecule has 8 nitrogen and oxygen atoms in total. The molecule has 158 valence electrons. The van der Waals surface area contributed by atoms with Gasteiger partial charge in [-0.2, -0.15) is 0 Å². The summed E-state index contributed by atoms with van der Waals surface area (Å²) in [5, 5.41) is 9.00. The van der Waals surface area contributed by atoms with E-state index in [1.807, 2.05) is 25.1 Å². The first-order valence-electron chi connectivity index (χ1n) is 10.2. The Morgan fingerprint density at radius 2 is 1.97 bits per heavy atom. The summed E-state index contributed by atoms with van der Waals surface area (Å²) < 4.78 is 5.63. The molecule has 0 atom stereocenters. The van der Waals surface area contributed by atoms with Crippen molar-refractivity contribution >= 4 is 29.0 Å². The molecule has 2 aliphatic rings. The number of aryl methyl sites for hydroxylation is 1. The summed E-state index contributed by atoms with van der Waals surface area (Å²) in [7, 11) is 3.79. The number of ether oxygens (including phenoxy) is 1. The number of urea groups is 1. The molecule has 31 heavy (non-hydrogen) atoms. The fourth-order valence-corrected chi connectivity index (χ4v) is 4.10. The van der Waals surface area contributed by atoms with E-state index in [1.165, 1.54) is 11.1 Å². The predicted molar refractivity (Wildman–Crippen MR) is 121 cm³/mol. The average Bonchev–Trinajstić information content (AvgIpc) is 2.88. The number of nitrogens with one attached hydrogen (secondary N) is 3. The van der Waals surface area contributed by atoms with Gasteiger partial charge in [-0.05, 0) is 55.3 Å². The lowest BCUT2D eigenvalue weighted by Crippen LogP contribution is -2.26. The largest absolute Gasteiger partial charge is 0.495 e. The van der Waals surface area contributed by atoms with Crippen LogP contribution in [0.3, 0.4) is 0 Å². The number of fused-ring (bicyclic) bond motifs is 4. The van der Waals surface area contributed by atoms with Crippen LogP contribution in [0, 0.1) is 6.92 Å². The minimum absolute atomic E-state index is 0.309. The molecule has 0 bridgehead atoms. The van der Waals surface area contributed by atoms with Gasteiger partial charge in [-0.1, -0.05) is 12.1 Å². The smallest absolute Gasteiger partial charge is 0.323 e. The van der Waals surface area contributed by atoms with Crippen LogP contribution in [0.25, 0.3) is 11.3 Å². The number of methoxy groups -OCH3 is 1. The SMILES string of the molecule is COc1cc2c(cc1Nc1ncc3c(n1)-c1ccc(C)cc1NC(=O)N3)CCN(C)C2. The third-order valence-corrected chi connectivity index (χ3v) is 5.69. The van der Waals surface area contributed by atoms with Gasteiger partial charge in [-0.25, -0.2) is 14.8 Å². The van der Waals surface area contributed by atoms with Crippen LogP contribution in [0.5, 0.6) is 5.75 Å². The van der Waals surface area contributed by atoms with Crippen LogP contribution in [0.2, 0.25) is 0 Å². The average molecular weight is 416 g/mol. The first-order chi connectivity index (χ1) is 15.0. The minimum atomic E-state index is -0.309. The Morgan fingerprint density at radius 1 is 1.13 bits per heavy atom. The molecule has 0 spiro atoms. The van der Waals surface area contributed by atoms with Gasteiger partial charge in [0.15, 0.2) is 0 Å². The van der Waals surface area contributed by atoms with E-state index in [0.717, 1.165) is 47.8 Å². The number of carbonyl (C=O) groups is 1. The van der Waals surface area contributed by atoms with Crippen LogP contribution in [0.15, 0.2) is 36.5 Å².